The van der Waals surface area contributed by atoms with Crippen molar-refractivity contribution in [3.05, 3.63) is 0 Å². The third-order valence-corrected chi connectivity index (χ3v) is 5.82. The monoisotopic (exact) mass is 210 g/mol. The van der Waals surface area contributed by atoms with E-state index in [1.165, 1.54) is 0 Å². The maximum atomic E-state index is 5.46. The standard InChI is InChI=1S/2C2H5O.2CH3.Zr/c2*1-2-3;;;/h2*2H2,1H3;2*1H3;/q2*-1;;;+2. The molecule has 0 bridgehead atoms. The van der Waals surface area contributed by atoms with E-state index in [4.69, 9.17) is 5.63 Å². The minimum absolute atomic E-state index is 0.795. The molecule has 56 valence electrons. The molecule has 0 atom stereocenters. The van der Waals surface area contributed by atoms with Crippen LogP contribution in [-0.4, -0.2) is 13.2 Å². The summed E-state index contributed by atoms with van der Waals surface area (Å²) in [6.45, 7) is 5.61. The fourth-order valence-electron chi connectivity index (χ4n) is 0.737. The molecule has 0 N–H and O–H groups in total. The van der Waals surface area contributed by atoms with Gasteiger partial charge in [-0.05, 0) is 0 Å². The van der Waals surface area contributed by atoms with Crippen molar-refractivity contribution >= 4 is 0 Å². The summed E-state index contributed by atoms with van der Waals surface area (Å²) in [6, 6.07) is 0. The molecule has 0 aliphatic carbocycles. The van der Waals surface area contributed by atoms with Gasteiger partial charge in [-0.15, -0.1) is 0 Å². The topological polar surface area (TPSA) is 18.5 Å². The van der Waals surface area contributed by atoms with E-state index < -0.39 is 21.1 Å². The van der Waals surface area contributed by atoms with Crippen LogP contribution in [0.15, 0.2) is 0 Å². The Hall–Kier alpha value is 0.803. The summed E-state index contributed by atoms with van der Waals surface area (Å²) in [5, 5.41) is 0. The molecule has 0 aliphatic rings. The Labute approximate surface area is 63.2 Å². The Morgan fingerprint density at radius 1 is 1.00 bits per heavy atom. The van der Waals surface area contributed by atoms with E-state index in [1.54, 1.807) is 0 Å². The van der Waals surface area contributed by atoms with Gasteiger partial charge in [-0.3, -0.25) is 0 Å². The van der Waals surface area contributed by atoms with E-state index in [0.29, 0.717) is 0 Å². The normalized spacial score (nSPS) is 12.0. The first-order chi connectivity index (χ1) is 4.12. The molecular formula is C6H16O2Zr. The van der Waals surface area contributed by atoms with Crippen LogP contribution in [0.2, 0.25) is 9.26 Å². The second kappa shape index (κ2) is 4.59. The second-order valence-corrected chi connectivity index (χ2v) is 10.6. The first kappa shape index (κ1) is 9.80. The predicted molar refractivity (Wildman–Crippen MR) is 35.0 cm³/mol. The van der Waals surface area contributed by atoms with Gasteiger partial charge in [0.05, 0.1) is 0 Å². The van der Waals surface area contributed by atoms with Crippen molar-refractivity contribution in [3.63, 3.8) is 0 Å². The number of hydrogen-bond acceptors (Lipinski definition) is 2. The van der Waals surface area contributed by atoms with Gasteiger partial charge in [0.1, 0.15) is 0 Å². The van der Waals surface area contributed by atoms with Crippen LogP contribution in [0, 0.1) is 0 Å². The Kier molecular flexibility index (Phi) is 5.00. The molecular weight excluding hydrogens is 195 g/mol. The predicted octanol–water partition coefficient (Wildman–Crippen LogP) is 2.14. The van der Waals surface area contributed by atoms with Gasteiger partial charge in [-0.1, -0.05) is 0 Å². The molecule has 0 aliphatic heterocycles. The van der Waals surface area contributed by atoms with Crippen molar-refractivity contribution in [2.24, 2.45) is 0 Å². The quantitative estimate of drug-likeness (QED) is 0.709. The Morgan fingerprint density at radius 3 is 1.56 bits per heavy atom. The Bertz CT molecular complexity index is 65.5. The third-order valence-electron chi connectivity index (χ3n) is 0.984. The van der Waals surface area contributed by atoms with Crippen LogP contribution in [0.5, 0.6) is 0 Å². The van der Waals surface area contributed by atoms with Gasteiger partial charge in [0.2, 0.25) is 0 Å². The molecule has 9 heavy (non-hydrogen) atoms. The van der Waals surface area contributed by atoms with Crippen molar-refractivity contribution < 1.29 is 26.8 Å². The molecule has 0 saturated carbocycles. The third kappa shape index (κ3) is 5.26. The van der Waals surface area contributed by atoms with Crippen molar-refractivity contribution in [2.75, 3.05) is 13.2 Å². The molecule has 0 aromatic rings. The van der Waals surface area contributed by atoms with E-state index in [9.17, 15) is 0 Å². The van der Waals surface area contributed by atoms with E-state index in [0.717, 1.165) is 13.2 Å². The molecule has 0 heterocycles. The van der Waals surface area contributed by atoms with Gasteiger partial charge in [0, 0.05) is 0 Å². The molecule has 0 radical (unpaired) electrons. The Balaban J connectivity index is 3.43. The summed E-state index contributed by atoms with van der Waals surface area (Å²) < 4.78 is 15.2. The van der Waals surface area contributed by atoms with Crippen LogP contribution in [-0.2, 0) is 26.8 Å². The van der Waals surface area contributed by atoms with Gasteiger partial charge in [0.25, 0.3) is 0 Å². The summed E-state index contributed by atoms with van der Waals surface area (Å²) in [5.74, 6) is 0. The molecule has 2 nitrogen and oxygen atoms in total. The molecule has 0 rings (SSSR count). The maximum absolute atomic E-state index is 5.46. The molecule has 3 heteroatoms. The minimum atomic E-state index is -2.37. The molecule has 0 amide bonds. The van der Waals surface area contributed by atoms with Crippen molar-refractivity contribution in [1.29, 1.82) is 0 Å². The summed E-state index contributed by atoms with van der Waals surface area (Å²) >= 11 is -2.37. The van der Waals surface area contributed by atoms with Gasteiger partial charge in [-0.25, -0.2) is 0 Å². The van der Waals surface area contributed by atoms with Crippen LogP contribution in [0.25, 0.3) is 0 Å². The van der Waals surface area contributed by atoms with Crippen LogP contribution in [0.1, 0.15) is 13.8 Å². The van der Waals surface area contributed by atoms with Gasteiger partial charge < -0.3 is 0 Å². The summed E-state index contributed by atoms with van der Waals surface area (Å²) in [5.41, 5.74) is 0. The number of rotatable bonds is 4. The number of hydrogen-bond donors (Lipinski definition) is 0. The van der Waals surface area contributed by atoms with E-state index in [-0.39, 0.29) is 0 Å². The van der Waals surface area contributed by atoms with Crippen molar-refractivity contribution in [2.45, 2.75) is 23.1 Å². The fourth-order valence-corrected chi connectivity index (χ4v) is 4.36. The molecule has 0 saturated heterocycles. The van der Waals surface area contributed by atoms with Crippen LogP contribution in [0.4, 0.5) is 0 Å². The SMILES string of the molecule is CC[O][Zr]([CH3])([CH3])[O]CC. The molecule has 0 aromatic heterocycles. The van der Waals surface area contributed by atoms with Crippen LogP contribution in [0.3, 0.4) is 0 Å². The first-order valence-corrected chi connectivity index (χ1v) is 10.3. The average Bonchev–Trinajstić information content (AvgIpc) is 1.64. The summed E-state index contributed by atoms with van der Waals surface area (Å²) in [4.78, 5) is 0. The van der Waals surface area contributed by atoms with E-state index in [2.05, 4.69) is 9.26 Å². The van der Waals surface area contributed by atoms with Crippen molar-refractivity contribution in [1.82, 2.24) is 0 Å². The second-order valence-electron chi connectivity index (χ2n) is 2.27. The van der Waals surface area contributed by atoms with Gasteiger partial charge >= 0.3 is 63.1 Å². The zero-order valence-corrected chi connectivity index (χ0v) is 9.19. The molecule has 0 aromatic carbocycles. The van der Waals surface area contributed by atoms with Gasteiger partial charge in [0.15, 0.2) is 0 Å². The molecule has 0 unspecified atom stereocenters. The zero-order valence-electron chi connectivity index (χ0n) is 6.73. The van der Waals surface area contributed by atoms with Gasteiger partial charge in [-0.2, -0.15) is 0 Å². The van der Waals surface area contributed by atoms with E-state index >= 15 is 0 Å². The van der Waals surface area contributed by atoms with Crippen LogP contribution < -0.4 is 0 Å². The zero-order chi connectivity index (χ0) is 7.33. The average molecular weight is 211 g/mol. The summed E-state index contributed by atoms with van der Waals surface area (Å²) in [6.07, 6.45) is 0. The Morgan fingerprint density at radius 2 is 1.33 bits per heavy atom. The van der Waals surface area contributed by atoms with Crippen LogP contribution >= 0.6 is 0 Å². The van der Waals surface area contributed by atoms with Crippen molar-refractivity contribution in [3.8, 4) is 0 Å². The molecule has 0 fully saturated rings. The fraction of sp³-hybridized carbons (Fsp3) is 1.00. The summed E-state index contributed by atoms with van der Waals surface area (Å²) in [7, 11) is 0. The first-order valence-electron chi connectivity index (χ1n) is 3.40. The van der Waals surface area contributed by atoms with E-state index in [1.807, 2.05) is 13.8 Å². The molecule has 0 spiro atoms.